The van der Waals surface area contributed by atoms with Crippen molar-refractivity contribution in [1.29, 1.82) is 0 Å². The molecule has 1 amide bonds. The lowest BCUT2D eigenvalue weighted by Gasteiger charge is -2.08. The number of aromatic amines is 1. The van der Waals surface area contributed by atoms with Gasteiger partial charge in [-0.1, -0.05) is 24.3 Å². The number of H-pyrrole nitrogens is 1. The van der Waals surface area contributed by atoms with Crippen molar-refractivity contribution in [1.82, 2.24) is 15.2 Å². The van der Waals surface area contributed by atoms with Gasteiger partial charge < -0.3 is 15.6 Å². The summed E-state index contributed by atoms with van der Waals surface area (Å²) >= 11 is 0. The second kappa shape index (κ2) is 7.43. The molecule has 8 heteroatoms. The summed E-state index contributed by atoms with van der Waals surface area (Å²) < 4.78 is 27.3. The Bertz CT molecular complexity index is 1120. The lowest BCUT2D eigenvalue weighted by atomic mass is 10.1. The molecule has 0 radical (unpaired) electrons. The van der Waals surface area contributed by atoms with Crippen molar-refractivity contribution in [3.8, 4) is 0 Å². The third-order valence-electron chi connectivity index (χ3n) is 4.17. The van der Waals surface area contributed by atoms with Crippen LogP contribution in [-0.4, -0.2) is 21.1 Å². The predicted octanol–water partition coefficient (Wildman–Crippen LogP) is 4.16. The van der Waals surface area contributed by atoms with Gasteiger partial charge >= 0.3 is 0 Å². The number of rotatable bonds is 5. The second-order valence-corrected chi connectivity index (χ2v) is 6.11. The van der Waals surface area contributed by atoms with Gasteiger partial charge in [0.2, 0.25) is 5.91 Å². The molecule has 0 saturated carbocycles. The molecule has 2 aromatic heterocycles. The molecule has 2 aromatic carbocycles. The van der Waals surface area contributed by atoms with E-state index in [1.807, 2.05) is 24.3 Å². The maximum atomic E-state index is 13.7. The molecule has 0 fully saturated rings. The summed E-state index contributed by atoms with van der Waals surface area (Å²) in [5.41, 5.74) is 1.52. The topological polar surface area (TPSA) is 82.7 Å². The van der Waals surface area contributed by atoms with Crippen molar-refractivity contribution in [2.75, 3.05) is 10.6 Å². The van der Waals surface area contributed by atoms with Crippen molar-refractivity contribution in [2.24, 2.45) is 0 Å². The van der Waals surface area contributed by atoms with Gasteiger partial charge in [0, 0.05) is 17.1 Å². The summed E-state index contributed by atoms with van der Waals surface area (Å²) in [4.78, 5) is 15.4. The summed E-state index contributed by atoms with van der Waals surface area (Å²) in [7, 11) is 0. The van der Waals surface area contributed by atoms with E-state index < -0.39 is 11.6 Å². The molecule has 0 aliphatic carbocycles. The van der Waals surface area contributed by atoms with Crippen LogP contribution in [0.1, 0.15) is 5.56 Å². The van der Waals surface area contributed by atoms with E-state index in [1.54, 1.807) is 6.20 Å². The van der Waals surface area contributed by atoms with Crippen molar-refractivity contribution < 1.29 is 13.6 Å². The first-order valence-electron chi connectivity index (χ1n) is 8.50. The molecule has 0 aliphatic heterocycles. The highest BCUT2D eigenvalue weighted by molar-refractivity contribution is 5.95. The van der Waals surface area contributed by atoms with Gasteiger partial charge in [0.15, 0.2) is 11.6 Å². The Morgan fingerprint density at radius 2 is 1.64 bits per heavy atom. The van der Waals surface area contributed by atoms with Crippen LogP contribution in [0.2, 0.25) is 0 Å². The highest BCUT2D eigenvalue weighted by Gasteiger charge is 2.11. The van der Waals surface area contributed by atoms with Gasteiger partial charge in [0.1, 0.15) is 17.3 Å². The number of aromatic nitrogens is 3. The number of carbonyl (C=O) groups is 1. The molecule has 0 unspecified atom stereocenters. The minimum Gasteiger partial charge on any atom is -0.361 e. The fourth-order valence-corrected chi connectivity index (χ4v) is 2.85. The first-order valence-corrected chi connectivity index (χ1v) is 8.50. The van der Waals surface area contributed by atoms with Gasteiger partial charge in [-0.2, -0.15) is 0 Å². The number of para-hydroxylation sites is 2. The molecule has 0 saturated heterocycles. The van der Waals surface area contributed by atoms with E-state index in [-0.39, 0.29) is 29.7 Å². The van der Waals surface area contributed by atoms with Gasteiger partial charge in [-0.15, -0.1) is 10.2 Å². The Balaban J connectivity index is 1.42. The van der Waals surface area contributed by atoms with E-state index >= 15 is 0 Å². The van der Waals surface area contributed by atoms with E-state index in [2.05, 4.69) is 25.8 Å². The number of carbonyl (C=O) groups excluding carboxylic acids is 1. The Labute approximate surface area is 158 Å². The van der Waals surface area contributed by atoms with E-state index in [0.29, 0.717) is 0 Å². The van der Waals surface area contributed by atoms with E-state index in [4.69, 9.17) is 0 Å². The fourth-order valence-electron chi connectivity index (χ4n) is 2.85. The van der Waals surface area contributed by atoms with Crippen molar-refractivity contribution >= 4 is 34.1 Å². The Kier molecular flexibility index (Phi) is 4.67. The van der Waals surface area contributed by atoms with Crippen molar-refractivity contribution in [2.45, 2.75) is 6.42 Å². The van der Waals surface area contributed by atoms with Gasteiger partial charge in [0.25, 0.3) is 0 Å². The van der Waals surface area contributed by atoms with Crippen molar-refractivity contribution in [3.05, 3.63) is 78.0 Å². The molecule has 0 atom stereocenters. The number of fused-ring (bicyclic) bond motifs is 1. The first-order chi connectivity index (χ1) is 13.6. The van der Waals surface area contributed by atoms with Crippen LogP contribution >= 0.6 is 0 Å². The molecular formula is C20H15F2N5O. The number of anilines is 3. The molecule has 2 heterocycles. The van der Waals surface area contributed by atoms with Gasteiger partial charge in [0.05, 0.1) is 6.42 Å². The SMILES string of the molecule is O=C(Cc1c[nH]c2ccccc12)Nc1ccc(Nc2c(F)cccc2F)nn1. The largest absolute Gasteiger partial charge is 0.361 e. The summed E-state index contributed by atoms with van der Waals surface area (Å²) in [5, 5.41) is 13.9. The van der Waals surface area contributed by atoms with E-state index in [9.17, 15) is 13.6 Å². The normalized spacial score (nSPS) is 10.8. The molecule has 3 N–H and O–H groups in total. The number of hydrogen-bond acceptors (Lipinski definition) is 4. The quantitative estimate of drug-likeness (QED) is 0.486. The van der Waals surface area contributed by atoms with Crippen LogP contribution in [0.15, 0.2) is 60.8 Å². The van der Waals surface area contributed by atoms with Crippen LogP contribution in [0.5, 0.6) is 0 Å². The third kappa shape index (κ3) is 3.66. The van der Waals surface area contributed by atoms with Crippen LogP contribution in [0.3, 0.4) is 0 Å². The summed E-state index contributed by atoms with van der Waals surface area (Å²) in [5.74, 6) is -1.33. The van der Waals surface area contributed by atoms with Crippen LogP contribution in [0, 0.1) is 11.6 Å². The average molecular weight is 379 g/mol. The molecule has 0 spiro atoms. The molecular weight excluding hydrogens is 364 g/mol. The monoisotopic (exact) mass is 379 g/mol. The molecule has 6 nitrogen and oxygen atoms in total. The maximum absolute atomic E-state index is 13.7. The summed E-state index contributed by atoms with van der Waals surface area (Å²) in [6, 6.07) is 14.2. The highest BCUT2D eigenvalue weighted by atomic mass is 19.1. The van der Waals surface area contributed by atoms with Crippen LogP contribution in [-0.2, 0) is 11.2 Å². The molecule has 0 bridgehead atoms. The average Bonchev–Trinajstić information content (AvgIpc) is 3.09. The third-order valence-corrected chi connectivity index (χ3v) is 4.17. The molecule has 28 heavy (non-hydrogen) atoms. The number of halogens is 2. The molecule has 140 valence electrons. The maximum Gasteiger partial charge on any atom is 0.230 e. The van der Waals surface area contributed by atoms with Crippen LogP contribution in [0.4, 0.5) is 26.1 Å². The zero-order chi connectivity index (χ0) is 19.5. The van der Waals surface area contributed by atoms with Gasteiger partial charge in [-0.25, -0.2) is 8.78 Å². The molecule has 0 aliphatic rings. The zero-order valence-corrected chi connectivity index (χ0v) is 14.5. The predicted molar refractivity (Wildman–Crippen MR) is 102 cm³/mol. The number of nitrogens with zero attached hydrogens (tertiary/aromatic N) is 2. The number of hydrogen-bond donors (Lipinski definition) is 3. The lowest BCUT2D eigenvalue weighted by molar-refractivity contribution is -0.115. The van der Waals surface area contributed by atoms with E-state index in [1.165, 1.54) is 18.2 Å². The summed E-state index contributed by atoms with van der Waals surface area (Å²) in [6.45, 7) is 0. The minimum absolute atomic E-state index is 0.152. The van der Waals surface area contributed by atoms with Gasteiger partial charge in [-0.3, -0.25) is 4.79 Å². The standard InChI is InChI=1S/C20H15F2N5O/c21-14-5-3-6-15(22)20(14)25-18-9-8-17(26-27-18)24-19(28)10-12-11-23-16-7-2-1-4-13(12)16/h1-9,11,23H,10H2,(H,25,27)(H,24,26,28). The van der Waals surface area contributed by atoms with Gasteiger partial charge in [-0.05, 0) is 35.9 Å². The lowest BCUT2D eigenvalue weighted by Crippen LogP contribution is -2.15. The number of amides is 1. The summed E-state index contributed by atoms with van der Waals surface area (Å²) in [6.07, 6.45) is 1.97. The van der Waals surface area contributed by atoms with Crippen LogP contribution in [0.25, 0.3) is 10.9 Å². The Morgan fingerprint density at radius 3 is 2.39 bits per heavy atom. The number of benzene rings is 2. The highest BCUT2D eigenvalue weighted by Crippen LogP contribution is 2.22. The van der Waals surface area contributed by atoms with Crippen LogP contribution < -0.4 is 10.6 Å². The fraction of sp³-hybridized carbons (Fsp3) is 0.0500. The Hall–Kier alpha value is -3.81. The second-order valence-electron chi connectivity index (χ2n) is 6.11. The minimum atomic E-state index is -0.738. The first kappa shape index (κ1) is 17.6. The van der Waals surface area contributed by atoms with Crippen molar-refractivity contribution in [3.63, 3.8) is 0 Å². The number of nitrogens with one attached hydrogen (secondary N) is 3. The Morgan fingerprint density at radius 1 is 0.929 bits per heavy atom. The smallest absolute Gasteiger partial charge is 0.230 e. The molecule has 4 aromatic rings. The van der Waals surface area contributed by atoms with E-state index in [0.717, 1.165) is 28.6 Å². The zero-order valence-electron chi connectivity index (χ0n) is 14.5. The molecule has 4 rings (SSSR count).